The van der Waals surface area contributed by atoms with E-state index in [1.165, 1.54) is 30.4 Å². The largest absolute Gasteiger partial charge is 0.313 e. The summed E-state index contributed by atoms with van der Waals surface area (Å²) in [6.07, 6.45) is 3.64. The van der Waals surface area contributed by atoms with Crippen LogP contribution in [0.2, 0.25) is 0 Å². The van der Waals surface area contributed by atoms with Gasteiger partial charge < -0.3 is 5.32 Å². The molecule has 5 nitrogen and oxygen atoms in total. The van der Waals surface area contributed by atoms with E-state index < -0.39 is 0 Å². The van der Waals surface area contributed by atoms with Crippen LogP contribution >= 0.6 is 0 Å². The van der Waals surface area contributed by atoms with Crippen molar-refractivity contribution in [3.05, 3.63) is 35.2 Å². The second-order valence-electron chi connectivity index (χ2n) is 4.34. The molecule has 1 aliphatic rings. The Morgan fingerprint density at radius 3 is 3.06 bits per heavy atom. The van der Waals surface area contributed by atoms with Crippen LogP contribution in [0.1, 0.15) is 23.4 Å². The smallest absolute Gasteiger partial charge is 0.170 e. The van der Waals surface area contributed by atoms with E-state index in [-0.39, 0.29) is 0 Å². The monoisotopic (exact) mass is 229 g/mol. The third-order valence-corrected chi connectivity index (χ3v) is 3.20. The minimum Gasteiger partial charge on any atom is -0.313 e. The number of hydrogen-bond donors (Lipinski definition) is 1. The Bertz CT molecular complexity index is 531. The molecule has 0 fully saturated rings. The molecular formula is C12H15N5. The van der Waals surface area contributed by atoms with Gasteiger partial charge in [-0.15, -0.1) is 5.10 Å². The summed E-state index contributed by atoms with van der Waals surface area (Å²) >= 11 is 0. The number of aromatic nitrogens is 4. The Balaban J connectivity index is 2.00. The summed E-state index contributed by atoms with van der Waals surface area (Å²) in [5, 5.41) is 14.9. The SMILES string of the molecule is CNCc1nnnn1-c1ccc2c(c1)CCC2. The molecule has 0 atom stereocenters. The third kappa shape index (κ3) is 1.82. The van der Waals surface area contributed by atoms with Crippen LogP contribution in [0.4, 0.5) is 0 Å². The number of nitrogens with zero attached hydrogens (tertiary/aromatic N) is 4. The molecule has 1 aromatic heterocycles. The number of tetrazole rings is 1. The predicted octanol–water partition coefficient (Wildman–Crippen LogP) is 0.870. The van der Waals surface area contributed by atoms with E-state index >= 15 is 0 Å². The second-order valence-corrected chi connectivity index (χ2v) is 4.34. The summed E-state index contributed by atoms with van der Waals surface area (Å²) in [5.74, 6) is 0.838. The van der Waals surface area contributed by atoms with Gasteiger partial charge in [0.2, 0.25) is 0 Å². The first kappa shape index (κ1) is 10.4. The van der Waals surface area contributed by atoms with Crippen LogP contribution < -0.4 is 5.32 Å². The maximum absolute atomic E-state index is 4.05. The van der Waals surface area contributed by atoms with Gasteiger partial charge in [0.15, 0.2) is 5.82 Å². The highest BCUT2D eigenvalue weighted by molar-refractivity contribution is 5.42. The van der Waals surface area contributed by atoms with E-state index in [1.54, 1.807) is 4.68 Å². The molecule has 0 spiro atoms. The van der Waals surface area contributed by atoms with Crippen LogP contribution in [-0.4, -0.2) is 27.3 Å². The average molecular weight is 229 g/mol. The first-order valence-corrected chi connectivity index (χ1v) is 5.92. The first-order chi connectivity index (χ1) is 8.38. The summed E-state index contributed by atoms with van der Waals surface area (Å²) in [6.45, 7) is 0.671. The molecule has 0 bridgehead atoms. The maximum Gasteiger partial charge on any atom is 0.170 e. The van der Waals surface area contributed by atoms with Crippen molar-refractivity contribution < 1.29 is 0 Å². The standard InChI is InChI=1S/C12H15N5/c1-13-8-12-14-15-16-17(12)11-6-5-9-3-2-4-10(9)7-11/h5-7,13H,2-4,8H2,1H3. The summed E-state index contributed by atoms with van der Waals surface area (Å²) in [7, 11) is 1.89. The Labute approximate surface area is 99.8 Å². The van der Waals surface area contributed by atoms with Crippen molar-refractivity contribution in [1.82, 2.24) is 25.5 Å². The molecule has 88 valence electrons. The van der Waals surface area contributed by atoms with Crippen molar-refractivity contribution in [2.75, 3.05) is 7.05 Å². The van der Waals surface area contributed by atoms with Crippen molar-refractivity contribution in [2.45, 2.75) is 25.8 Å². The average Bonchev–Trinajstić information content (AvgIpc) is 2.96. The molecule has 5 heteroatoms. The van der Waals surface area contributed by atoms with Crippen LogP contribution in [0.5, 0.6) is 0 Å². The topological polar surface area (TPSA) is 55.6 Å². The van der Waals surface area contributed by atoms with Gasteiger partial charge in [-0.1, -0.05) is 6.07 Å². The van der Waals surface area contributed by atoms with Gasteiger partial charge in [0.25, 0.3) is 0 Å². The van der Waals surface area contributed by atoms with Gasteiger partial charge in [0.1, 0.15) is 0 Å². The van der Waals surface area contributed by atoms with E-state index in [0.717, 1.165) is 11.5 Å². The second kappa shape index (κ2) is 4.25. The van der Waals surface area contributed by atoms with Crippen LogP contribution in [0.15, 0.2) is 18.2 Å². The van der Waals surface area contributed by atoms with Gasteiger partial charge >= 0.3 is 0 Å². The summed E-state index contributed by atoms with van der Waals surface area (Å²) < 4.78 is 1.80. The lowest BCUT2D eigenvalue weighted by Crippen LogP contribution is -2.12. The molecule has 1 aliphatic carbocycles. The Kier molecular flexibility index (Phi) is 2.60. The molecular weight excluding hydrogens is 214 g/mol. The highest BCUT2D eigenvalue weighted by atomic mass is 15.5. The van der Waals surface area contributed by atoms with Crippen molar-refractivity contribution in [1.29, 1.82) is 0 Å². The molecule has 0 radical (unpaired) electrons. The number of hydrogen-bond acceptors (Lipinski definition) is 4. The molecule has 0 saturated carbocycles. The molecule has 1 N–H and O–H groups in total. The summed E-state index contributed by atoms with van der Waals surface area (Å²) in [5.41, 5.74) is 3.96. The van der Waals surface area contributed by atoms with Crippen molar-refractivity contribution in [3.8, 4) is 5.69 Å². The van der Waals surface area contributed by atoms with E-state index in [9.17, 15) is 0 Å². The molecule has 0 aliphatic heterocycles. The van der Waals surface area contributed by atoms with E-state index in [2.05, 4.69) is 39.0 Å². The van der Waals surface area contributed by atoms with Crippen LogP contribution in [0.25, 0.3) is 5.69 Å². The summed E-state index contributed by atoms with van der Waals surface area (Å²) in [6, 6.07) is 6.50. The normalized spacial score (nSPS) is 13.9. The quantitative estimate of drug-likeness (QED) is 0.848. The number of nitrogens with one attached hydrogen (secondary N) is 1. The predicted molar refractivity (Wildman–Crippen MR) is 63.9 cm³/mol. The van der Waals surface area contributed by atoms with Crippen LogP contribution in [0, 0.1) is 0 Å². The molecule has 1 heterocycles. The van der Waals surface area contributed by atoms with Gasteiger partial charge in [-0.05, 0) is 60.0 Å². The van der Waals surface area contributed by atoms with Crippen molar-refractivity contribution in [2.24, 2.45) is 0 Å². The molecule has 3 rings (SSSR count). The molecule has 1 aromatic carbocycles. The maximum atomic E-state index is 4.05. The fourth-order valence-electron chi connectivity index (χ4n) is 2.36. The third-order valence-electron chi connectivity index (χ3n) is 3.20. The Hall–Kier alpha value is -1.75. The lowest BCUT2D eigenvalue weighted by molar-refractivity contribution is 0.708. The molecule has 17 heavy (non-hydrogen) atoms. The van der Waals surface area contributed by atoms with Gasteiger partial charge in [-0.25, -0.2) is 0 Å². The number of rotatable bonds is 3. The minimum absolute atomic E-state index is 0.671. The lowest BCUT2D eigenvalue weighted by Gasteiger charge is -2.06. The molecule has 0 amide bonds. The Morgan fingerprint density at radius 2 is 2.18 bits per heavy atom. The van der Waals surface area contributed by atoms with Gasteiger partial charge in [0, 0.05) is 0 Å². The molecule has 2 aromatic rings. The molecule has 0 saturated heterocycles. The van der Waals surface area contributed by atoms with E-state index in [1.807, 2.05) is 7.05 Å². The number of aryl methyl sites for hydroxylation is 2. The highest BCUT2D eigenvalue weighted by Gasteiger charge is 2.13. The zero-order chi connectivity index (χ0) is 11.7. The molecule has 0 unspecified atom stereocenters. The van der Waals surface area contributed by atoms with Gasteiger partial charge in [-0.2, -0.15) is 4.68 Å². The Morgan fingerprint density at radius 1 is 1.29 bits per heavy atom. The van der Waals surface area contributed by atoms with Crippen molar-refractivity contribution in [3.63, 3.8) is 0 Å². The minimum atomic E-state index is 0.671. The van der Waals surface area contributed by atoms with E-state index in [0.29, 0.717) is 6.54 Å². The first-order valence-electron chi connectivity index (χ1n) is 5.92. The zero-order valence-corrected chi connectivity index (χ0v) is 9.85. The highest BCUT2D eigenvalue weighted by Crippen LogP contribution is 2.24. The fraction of sp³-hybridized carbons (Fsp3) is 0.417. The fourth-order valence-corrected chi connectivity index (χ4v) is 2.36. The van der Waals surface area contributed by atoms with Gasteiger partial charge in [-0.3, -0.25) is 0 Å². The van der Waals surface area contributed by atoms with Crippen LogP contribution in [0.3, 0.4) is 0 Å². The van der Waals surface area contributed by atoms with Crippen LogP contribution in [-0.2, 0) is 19.4 Å². The summed E-state index contributed by atoms with van der Waals surface area (Å²) in [4.78, 5) is 0. The lowest BCUT2D eigenvalue weighted by atomic mass is 10.1. The van der Waals surface area contributed by atoms with Crippen molar-refractivity contribution >= 4 is 0 Å². The zero-order valence-electron chi connectivity index (χ0n) is 9.85. The number of fused-ring (bicyclic) bond motifs is 1. The van der Waals surface area contributed by atoms with Gasteiger partial charge in [0.05, 0.1) is 12.2 Å². The van der Waals surface area contributed by atoms with E-state index in [4.69, 9.17) is 0 Å². The number of benzene rings is 1.